The predicted octanol–water partition coefficient (Wildman–Crippen LogP) is -0.675. The quantitative estimate of drug-likeness (QED) is 0.299. The van der Waals surface area contributed by atoms with E-state index in [0.29, 0.717) is 0 Å². The van der Waals surface area contributed by atoms with Gasteiger partial charge in [0.1, 0.15) is 5.40 Å². The summed E-state index contributed by atoms with van der Waals surface area (Å²) >= 11 is 2.79. The van der Waals surface area contributed by atoms with Gasteiger partial charge in [0.05, 0.1) is 4.21 Å². The van der Waals surface area contributed by atoms with Crippen molar-refractivity contribution in [2.45, 2.75) is 4.21 Å². The molecule has 40 valence electrons. The Kier molecular flexibility index (Phi) is 5.04. The van der Waals surface area contributed by atoms with Crippen molar-refractivity contribution in [3.8, 4) is 5.40 Å². The minimum absolute atomic E-state index is 0. The summed E-state index contributed by atoms with van der Waals surface area (Å²) in [4.78, 5) is 0. The Morgan fingerprint density at radius 2 is 2.44 bits per heavy atom. The number of thiocyanates is 1. The first kappa shape index (κ1) is 9.14. The summed E-state index contributed by atoms with van der Waals surface area (Å²) in [5, 5.41) is 12.1. The summed E-state index contributed by atoms with van der Waals surface area (Å²) in [5.74, 6) is 0. The molecule has 0 N–H and O–H groups in total. The molecule has 0 bridgehead atoms. The average Bonchev–Trinajstić information content (AvgIpc) is 2.19. The first-order valence-corrected chi connectivity index (χ1v) is 3.72. The molecule has 1 nitrogen and oxygen atoms in total. The van der Waals surface area contributed by atoms with Crippen LogP contribution in [0.4, 0.5) is 0 Å². The summed E-state index contributed by atoms with van der Waals surface area (Å²) in [7, 11) is 0. The number of nitriles is 1. The van der Waals surface area contributed by atoms with Crippen molar-refractivity contribution in [1.82, 2.24) is 0 Å². The van der Waals surface area contributed by atoms with Gasteiger partial charge in [-0.25, -0.2) is 0 Å². The zero-order valence-corrected chi connectivity index (χ0v) is 6.63. The number of hydrogen-bond donors (Lipinski definition) is 0. The van der Waals surface area contributed by atoms with Gasteiger partial charge in [-0.05, 0) is 11.4 Å². The van der Waals surface area contributed by atoms with Gasteiger partial charge in [0.25, 0.3) is 0 Å². The number of rotatable bonds is 1. The maximum absolute atomic E-state index is 8.16. The normalized spacial score (nSPS) is 7.44. The Morgan fingerprint density at radius 1 is 1.67 bits per heavy atom. The van der Waals surface area contributed by atoms with Gasteiger partial charge in [0.2, 0.25) is 0 Å². The predicted molar refractivity (Wildman–Crippen MR) is 35.8 cm³/mol. The molecular formula is C5H3LiNS2+. The zero-order valence-electron chi connectivity index (χ0n) is 5.00. The Hall–Kier alpha value is 0.137. The molecular weight excluding hydrogens is 145 g/mol. The SMILES string of the molecule is N#CSc1cccs1.[Li+]. The molecule has 1 aromatic rings. The van der Waals surface area contributed by atoms with Crippen molar-refractivity contribution in [1.29, 1.82) is 5.26 Å². The third kappa shape index (κ3) is 2.98. The van der Waals surface area contributed by atoms with Crippen LogP contribution in [0.15, 0.2) is 21.7 Å². The molecule has 0 saturated heterocycles. The topological polar surface area (TPSA) is 23.8 Å². The second-order valence-corrected chi connectivity index (χ2v) is 3.16. The van der Waals surface area contributed by atoms with Gasteiger partial charge in [0.15, 0.2) is 0 Å². The molecule has 0 unspecified atom stereocenters. The van der Waals surface area contributed by atoms with Crippen LogP contribution in [0.1, 0.15) is 0 Å². The summed E-state index contributed by atoms with van der Waals surface area (Å²) in [5.41, 5.74) is 0. The smallest absolute Gasteiger partial charge is 0.185 e. The van der Waals surface area contributed by atoms with Gasteiger partial charge in [0, 0.05) is 11.8 Å². The van der Waals surface area contributed by atoms with Crippen molar-refractivity contribution < 1.29 is 18.9 Å². The van der Waals surface area contributed by atoms with Gasteiger partial charge in [-0.15, -0.1) is 11.3 Å². The van der Waals surface area contributed by atoms with E-state index >= 15 is 0 Å². The molecule has 0 radical (unpaired) electrons. The van der Waals surface area contributed by atoms with Gasteiger partial charge < -0.3 is 0 Å². The third-order valence-electron chi connectivity index (χ3n) is 0.641. The summed E-state index contributed by atoms with van der Waals surface area (Å²) in [6.07, 6.45) is 0. The number of thioether (sulfide) groups is 1. The molecule has 0 spiro atoms. The monoisotopic (exact) mass is 148 g/mol. The molecule has 0 aromatic carbocycles. The Bertz CT molecular complexity index is 189. The van der Waals surface area contributed by atoms with E-state index in [2.05, 4.69) is 0 Å². The van der Waals surface area contributed by atoms with Gasteiger partial charge >= 0.3 is 18.9 Å². The summed E-state index contributed by atoms with van der Waals surface area (Å²) in [6, 6.07) is 3.86. The zero-order chi connectivity index (χ0) is 5.82. The van der Waals surface area contributed by atoms with E-state index in [0.717, 1.165) is 4.21 Å². The van der Waals surface area contributed by atoms with E-state index in [-0.39, 0.29) is 18.9 Å². The number of thiophene rings is 1. The first-order valence-electron chi connectivity index (χ1n) is 2.03. The second kappa shape index (κ2) is 4.97. The van der Waals surface area contributed by atoms with Crippen molar-refractivity contribution >= 4 is 23.1 Å². The molecule has 4 heteroatoms. The largest absolute Gasteiger partial charge is 1.00 e. The van der Waals surface area contributed by atoms with Crippen LogP contribution in [0.25, 0.3) is 0 Å². The van der Waals surface area contributed by atoms with Crippen molar-refractivity contribution in [3.05, 3.63) is 17.5 Å². The molecule has 1 rings (SSSR count). The van der Waals surface area contributed by atoms with Gasteiger partial charge in [-0.1, -0.05) is 6.07 Å². The van der Waals surface area contributed by atoms with Crippen LogP contribution in [0.2, 0.25) is 0 Å². The fourth-order valence-corrected chi connectivity index (χ4v) is 1.52. The fourth-order valence-electron chi connectivity index (χ4n) is 0.367. The van der Waals surface area contributed by atoms with Gasteiger partial charge in [-0.3, -0.25) is 0 Å². The van der Waals surface area contributed by atoms with Crippen LogP contribution >= 0.6 is 23.1 Å². The molecule has 1 aromatic heterocycles. The van der Waals surface area contributed by atoms with E-state index < -0.39 is 0 Å². The molecule has 0 saturated carbocycles. The number of hydrogen-bond acceptors (Lipinski definition) is 3. The Morgan fingerprint density at radius 3 is 2.89 bits per heavy atom. The van der Waals surface area contributed by atoms with E-state index in [1.165, 1.54) is 11.8 Å². The van der Waals surface area contributed by atoms with Gasteiger partial charge in [-0.2, -0.15) is 5.26 Å². The minimum atomic E-state index is 0. The molecule has 0 amide bonds. The maximum Gasteiger partial charge on any atom is 1.00 e. The fraction of sp³-hybridized carbons (Fsp3) is 0. The van der Waals surface area contributed by atoms with Crippen molar-refractivity contribution in [2.24, 2.45) is 0 Å². The molecule has 0 aliphatic carbocycles. The maximum atomic E-state index is 8.16. The van der Waals surface area contributed by atoms with E-state index in [1.54, 1.807) is 11.3 Å². The number of nitrogens with zero attached hydrogens (tertiary/aromatic N) is 1. The van der Waals surface area contributed by atoms with Crippen molar-refractivity contribution in [3.63, 3.8) is 0 Å². The van der Waals surface area contributed by atoms with E-state index in [4.69, 9.17) is 5.26 Å². The molecule has 0 atom stereocenters. The van der Waals surface area contributed by atoms with Crippen molar-refractivity contribution in [2.75, 3.05) is 0 Å². The standard InChI is InChI=1S/C5H3NS2.Li/c6-4-8-5-2-1-3-7-5;/h1-3H;/q;+1. The van der Waals surface area contributed by atoms with Crippen LogP contribution in [0.3, 0.4) is 0 Å². The summed E-state index contributed by atoms with van der Waals surface area (Å²) in [6.45, 7) is 0. The van der Waals surface area contributed by atoms with E-state index in [1.807, 2.05) is 22.9 Å². The molecule has 0 fully saturated rings. The average molecular weight is 148 g/mol. The molecule has 0 aliphatic rings. The molecule has 0 aliphatic heterocycles. The first-order chi connectivity index (χ1) is 3.93. The minimum Gasteiger partial charge on any atom is -0.185 e. The Labute approximate surface area is 74.2 Å². The van der Waals surface area contributed by atoms with Crippen LogP contribution in [0.5, 0.6) is 0 Å². The van der Waals surface area contributed by atoms with Crippen LogP contribution in [-0.4, -0.2) is 0 Å². The molecule has 9 heavy (non-hydrogen) atoms. The Balaban J connectivity index is 0.000000640. The third-order valence-corrected chi connectivity index (χ3v) is 2.27. The van der Waals surface area contributed by atoms with Crippen LogP contribution in [-0.2, 0) is 0 Å². The van der Waals surface area contributed by atoms with Crippen LogP contribution < -0.4 is 18.9 Å². The molecule has 1 heterocycles. The van der Waals surface area contributed by atoms with Crippen LogP contribution in [0, 0.1) is 10.7 Å². The second-order valence-electron chi connectivity index (χ2n) is 1.13. The summed E-state index contributed by atoms with van der Waals surface area (Å²) < 4.78 is 1.06. The van der Waals surface area contributed by atoms with E-state index in [9.17, 15) is 0 Å².